The van der Waals surface area contributed by atoms with E-state index in [4.69, 9.17) is 10.8 Å². The number of aromatic nitrogens is 1. The third-order valence-electron chi connectivity index (χ3n) is 2.16. The van der Waals surface area contributed by atoms with Gasteiger partial charge in [-0.3, -0.25) is 4.90 Å². The Morgan fingerprint density at radius 2 is 2.18 bits per heavy atom. The van der Waals surface area contributed by atoms with Crippen LogP contribution in [0, 0.1) is 0 Å². The molecule has 0 radical (unpaired) electrons. The van der Waals surface area contributed by atoms with E-state index < -0.39 is 18.8 Å². The summed E-state index contributed by atoms with van der Waals surface area (Å²) in [5.74, 6) is 0.312. The monoisotopic (exact) mass is 249 g/mol. The SMILES string of the molecule is CN(Cc1ccnc(N)c1)CC(O)C(F)(F)F. The van der Waals surface area contributed by atoms with Gasteiger partial charge in [0, 0.05) is 19.3 Å². The van der Waals surface area contributed by atoms with Crippen LogP contribution in [0.15, 0.2) is 18.3 Å². The molecule has 17 heavy (non-hydrogen) atoms. The molecule has 0 saturated carbocycles. The Bertz CT molecular complexity index is 370. The van der Waals surface area contributed by atoms with Gasteiger partial charge in [0.2, 0.25) is 0 Å². The number of anilines is 1. The summed E-state index contributed by atoms with van der Waals surface area (Å²) >= 11 is 0. The lowest BCUT2D eigenvalue weighted by atomic mass is 10.2. The first-order valence-electron chi connectivity index (χ1n) is 4.93. The second-order valence-corrected chi connectivity index (χ2v) is 3.84. The molecule has 0 aliphatic rings. The minimum absolute atomic E-state index is 0.264. The maximum absolute atomic E-state index is 12.1. The molecule has 1 unspecified atom stereocenters. The molecule has 1 aromatic rings. The van der Waals surface area contributed by atoms with Gasteiger partial charge in [-0.2, -0.15) is 13.2 Å². The van der Waals surface area contributed by atoms with E-state index >= 15 is 0 Å². The minimum Gasteiger partial charge on any atom is -0.384 e. The highest BCUT2D eigenvalue weighted by molar-refractivity contribution is 5.31. The molecule has 1 heterocycles. The Morgan fingerprint density at radius 3 is 2.71 bits per heavy atom. The number of nitrogens with zero attached hydrogens (tertiary/aromatic N) is 2. The van der Waals surface area contributed by atoms with Crippen LogP contribution >= 0.6 is 0 Å². The highest BCUT2D eigenvalue weighted by atomic mass is 19.4. The Hall–Kier alpha value is -1.34. The van der Waals surface area contributed by atoms with Crippen LogP contribution < -0.4 is 5.73 Å². The average molecular weight is 249 g/mol. The largest absolute Gasteiger partial charge is 0.415 e. The number of nitrogen functional groups attached to an aromatic ring is 1. The third-order valence-corrected chi connectivity index (χ3v) is 2.16. The zero-order valence-corrected chi connectivity index (χ0v) is 9.28. The number of hydrogen-bond donors (Lipinski definition) is 2. The Morgan fingerprint density at radius 1 is 1.53 bits per heavy atom. The number of halogens is 3. The van der Waals surface area contributed by atoms with Crippen LogP contribution in [0.4, 0.5) is 19.0 Å². The highest BCUT2D eigenvalue weighted by Crippen LogP contribution is 2.20. The van der Waals surface area contributed by atoms with E-state index in [-0.39, 0.29) is 6.54 Å². The van der Waals surface area contributed by atoms with Crippen molar-refractivity contribution >= 4 is 5.82 Å². The van der Waals surface area contributed by atoms with Crippen molar-refractivity contribution in [2.75, 3.05) is 19.3 Å². The summed E-state index contributed by atoms with van der Waals surface area (Å²) in [4.78, 5) is 5.15. The van der Waals surface area contributed by atoms with Crippen LogP contribution in [0.1, 0.15) is 5.56 Å². The molecule has 0 saturated heterocycles. The topological polar surface area (TPSA) is 62.4 Å². The Labute approximate surface area is 96.9 Å². The minimum atomic E-state index is -4.59. The molecule has 3 N–H and O–H groups in total. The van der Waals surface area contributed by atoms with Gasteiger partial charge < -0.3 is 10.8 Å². The molecule has 0 amide bonds. The summed E-state index contributed by atoms with van der Waals surface area (Å²) < 4.78 is 36.3. The summed E-state index contributed by atoms with van der Waals surface area (Å²) in [6.07, 6.45) is -5.45. The number of aliphatic hydroxyl groups excluding tert-OH is 1. The molecular formula is C10H14F3N3O. The number of rotatable bonds is 4. The maximum Gasteiger partial charge on any atom is 0.415 e. The third kappa shape index (κ3) is 4.58. The standard InChI is InChI=1S/C10H14F3N3O/c1-16(6-8(17)10(11,12)13)5-7-2-3-15-9(14)4-7/h2-4,8,17H,5-6H2,1H3,(H2,14,15). The molecule has 0 aliphatic carbocycles. The quantitative estimate of drug-likeness (QED) is 0.836. The molecule has 1 atom stereocenters. The Balaban J connectivity index is 2.53. The van der Waals surface area contributed by atoms with E-state index in [0.29, 0.717) is 5.82 Å². The predicted molar refractivity (Wildman–Crippen MR) is 57.0 cm³/mol. The van der Waals surface area contributed by atoms with Crippen LogP contribution in [0.5, 0.6) is 0 Å². The first-order valence-corrected chi connectivity index (χ1v) is 4.93. The van der Waals surface area contributed by atoms with Gasteiger partial charge in [-0.15, -0.1) is 0 Å². The fourth-order valence-corrected chi connectivity index (χ4v) is 1.37. The molecule has 0 bridgehead atoms. The van der Waals surface area contributed by atoms with Gasteiger partial charge in [-0.05, 0) is 24.7 Å². The van der Waals surface area contributed by atoms with Crippen molar-refractivity contribution in [3.8, 4) is 0 Å². The van der Waals surface area contributed by atoms with Gasteiger partial charge in [0.05, 0.1) is 0 Å². The lowest BCUT2D eigenvalue weighted by Gasteiger charge is -2.22. The Kier molecular flexibility index (Phi) is 4.30. The zero-order valence-electron chi connectivity index (χ0n) is 9.28. The summed E-state index contributed by atoms with van der Waals surface area (Å²) in [5.41, 5.74) is 6.19. The molecule has 4 nitrogen and oxygen atoms in total. The molecule has 0 aliphatic heterocycles. The van der Waals surface area contributed by atoms with Gasteiger partial charge in [0.15, 0.2) is 6.10 Å². The lowest BCUT2D eigenvalue weighted by molar-refractivity contribution is -0.207. The molecule has 1 rings (SSSR count). The normalized spacial score (nSPS) is 14.0. The van der Waals surface area contributed by atoms with E-state index in [0.717, 1.165) is 5.56 Å². The van der Waals surface area contributed by atoms with Crippen molar-refractivity contribution in [1.82, 2.24) is 9.88 Å². The summed E-state index contributed by atoms with van der Waals surface area (Å²) in [5, 5.41) is 8.89. The first kappa shape index (κ1) is 13.7. The number of pyridine rings is 1. The van der Waals surface area contributed by atoms with E-state index in [1.54, 1.807) is 12.1 Å². The zero-order chi connectivity index (χ0) is 13.1. The van der Waals surface area contributed by atoms with Crippen molar-refractivity contribution in [3.05, 3.63) is 23.9 Å². The second-order valence-electron chi connectivity index (χ2n) is 3.84. The highest BCUT2D eigenvalue weighted by Gasteiger charge is 2.38. The molecular weight excluding hydrogens is 235 g/mol. The summed E-state index contributed by atoms with van der Waals surface area (Å²) in [7, 11) is 1.49. The van der Waals surface area contributed by atoms with E-state index in [9.17, 15) is 13.2 Å². The van der Waals surface area contributed by atoms with Crippen molar-refractivity contribution < 1.29 is 18.3 Å². The lowest BCUT2D eigenvalue weighted by Crippen LogP contribution is -2.39. The number of likely N-dealkylation sites (N-methyl/N-ethyl adjacent to an activating group) is 1. The summed E-state index contributed by atoms with van der Waals surface area (Å²) in [6.45, 7) is -0.217. The van der Waals surface area contributed by atoms with Gasteiger partial charge in [-0.1, -0.05) is 0 Å². The number of hydrogen-bond acceptors (Lipinski definition) is 4. The first-order chi connectivity index (χ1) is 7.79. The smallest absolute Gasteiger partial charge is 0.384 e. The maximum atomic E-state index is 12.1. The van der Waals surface area contributed by atoms with E-state index in [1.165, 1.54) is 18.1 Å². The van der Waals surface area contributed by atoms with Crippen LogP contribution in [-0.4, -0.2) is 40.9 Å². The van der Waals surface area contributed by atoms with Crippen LogP contribution in [0.2, 0.25) is 0 Å². The molecule has 1 aromatic heterocycles. The van der Waals surface area contributed by atoms with E-state index in [2.05, 4.69) is 4.98 Å². The molecule has 0 fully saturated rings. The second kappa shape index (κ2) is 5.33. The fraction of sp³-hybridized carbons (Fsp3) is 0.500. The van der Waals surface area contributed by atoms with Crippen molar-refractivity contribution in [1.29, 1.82) is 0 Å². The van der Waals surface area contributed by atoms with Gasteiger partial charge in [-0.25, -0.2) is 4.98 Å². The van der Waals surface area contributed by atoms with Crippen LogP contribution in [0.3, 0.4) is 0 Å². The molecule has 0 aromatic carbocycles. The van der Waals surface area contributed by atoms with Crippen LogP contribution in [-0.2, 0) is 6.54 Å². The van der Waals surface area contributed by atoms with Crippen LogP contribution in [0.25, 0.3) is 0 Å². The predicted octanol–water partition coefficient (Wildman–Crippen LogP) is 1.02. The van der Waals surface area contributed by atoms with Gasteiger partial charge in [0.1, 0.15) is 5.82 Å². The number of nitrogens with two attached hydrogens (primary N) is 1. The summed E-state index contributed by atoms with van der Waals surface area (Å²) in [6, 6.07) is 3.24. The van der Waals surface area contributed by atoms with Crippen molar-refractivity contribution in [2.24, 2.45) is 0 Å². The van der Waals surface area contributed by atoms with E-state index in [1.807, 2.05) is 0 Å². The van der Waals surface area contributed by atoms with Gasteiger partial charge >= 0.3 is 6.18 Å². The molecule has 0 spiro atoms. The van der Waals surface area contributed by atoms with Gasteiger partial charge in [0.25, 0.3) is 0 Å². The average Bonchev–Trinajstić information content (AvgIpc) is 2.15. The number of aliphatic hydroxyl groups is 1. The van der Waals surface area contributed by atoms with Crippen molar-refractivity contribution in [2.45, 2.75) is 18.8 Å². The fourth-order valence-electron chi connectivity index (χ4n) is 1.37. The number of alkyl halides is 3. The molecule has 7 heteroatoms. The molecule has 96 valence electrons. The van der Waals surface area contributed by atoms with Crippen molar-refractivity contribution in [3.63, 3.8) is 0 Å².